The summed E-state index contributed by atoms with van der Waals surface area (Å²) in [5, 5.41) is 2.83. The average Bonchev–Trinajstić information content (AvgIpc) is 3.19. The summed E-state index contributed by atoms with van der Waals surface area (Å²) in [6.45, 7) is 6.72. The van der Waals surface area contributed by atoms with Crippen molar-refractivity contribution in [3.05, 3.63) is 47.2 Å². The summed E-state index contributed by atoms with van der Waals surface area (Å²) in [4.78, 5) is 12.4. The number of hydrogen-bond acceptors (Lipinski definition) is 5. The Balaban J connectivity index is 1.63. The van der Waals surface area contributed by atoms with E-state index in [1.165, 1.54) is 11.1 Å². The van der Waals surface area contributed by atoms with Crippen molar-refractivity contribution < 1.29 is 13.2 Å². The molecule has 156 valence electrons. The molecule has 3 heterocycles. The summed E-state index contributed by atoms with van der Waals surface area (Å²) < 4.78 is 40.0. The highest BCUT2D eigenvalue weighted by atomic mass is 19.4. The Kier molecular flexibility index (Phi) is 5.14. The van der Waals surface area contributed by atoms with Gasteiger partial charge in [-0.15, -0.1) is 0 Å². The number of rotatable bonds is 4. The maximum Gasteiger partial charge on any atom is 0.433 e. The summed E-state index contributed by atoms with van der Waals surface area (Å²) in [6, 6.07) is 9.72. The number of nitrogens with one attached hydrogen (secondary N) is 1. The topological polar surface area (TPSA) is 44.3 Å². The minimum atomic E-state index is -4.50. The van der Waals surface area contributed by atoms with Gasteiger partial charge in [0.1, 0.15) is 5.82 Å². The first-order chi connectivity index (χ1) is 13.8. The van der Waals surface area contributed by atoms with E-state index in [0.29, 0.717) is 37.3 Å². The number of likely N-dealkylation sites (tertiary alicyclic amines) is 1. The van der Waals surface area contributed by atoms with Crippen molar-refractivity contribution in [2.45, 2.75) is 26.1 Å². The maximum absolute atomic E-state index is 13.3. The van der Waals surface area contributed by atoms with Crippen molar-refractivity contribution >= 4 is 11.8 Å². The van der Waals surface area contributed by atoms with E-state index in [1.807, 2.05) is 17.9 Å². The number of fused-ring (bicyclic) bond motifs is 1. The van der Waals surface area contributed by atoms with E-state index in [9.17, 15) is 13.2 Å². The van der Waals surface area contributed by atoms with Crippen molar-refractivity contribution in [2.24, 2.45) is 11.8 Å². The molecule has 2 aliphatic rings. The second-order valence-electron chi connectivity index (χ2n) is 8.03. The number of alkyl halides is 3. The van der Waals surface area contributed by atoms with E-state index in [2.05, 4.69) is 52.4 Å². The lowest BCUT2D eigenvalue weighted by Gasteiger charge is -2.28. The number of halogens is 3. The largest absolute Gasteiger partial charge is 0.433 e. The third kappa shape index (κ3) is 3.77. The number of benzene rings is 1. The predicted octanol–water partition coefficient (Wildman–Crippen LogP) is 3.97. The van der Waals surface area contributed by atoms with E-state index < -0.39 is 11.9 Å². The van der Waals surface area contributed by atoms with Crippen LogP contribution >= 0.6 is 0 Å². The summed E-state index contributed by atoms with van der Waals surface area (Å²) in [6.07, 6.45) is -4.50. The van der Waals surface area contributed by atoms with Gasteiger partial charge in [0.2, 0.25) is 5.95 Å². The number of aromatic nitrogens is 2. The molecule has 0 bridgehead atoms. The first-order valence-corrected chi connectivity index (χ1v) is 9.98. The summed E-state index contributed by atoms with van der Waals surface area (Å²) in [7, 11) is 2.13. The molecule has 29 heavy (non-hydrogen) atoms. The quantitative estimate of drug-likeness (QED) is 0.834. The normalized spacial score (nSPS) is 24.8. The van der Waals surface area contributed by atoms with Crippen LogP contribution in [0.15, 0.2) is 30.3 Å². The third-order valence-corrected chi connectivity index (χ3v) is 6.06. The van der Waals surface area contributed by atoms with Gasteiger partial charge in [-0.3, -0.25) is 4.90 Å². The SMILES string of the molecule is CCNc1nc(N2C[C@@H]3CN(C)[C@@H](c4ccccc4C)[C@@H]3C2)cc(C(F)(F)F)n1. The Bertz CT molecular complexity index is 885. The van der Waals surface area contributed by atoms with Crippen LogP contribution in [0.5, 0.6) is 0 Å². The van der Waals surface area contributed by atoms with Gasteiger partial charge in [0, 0.05) is 44.2 Å². The fourth-order valence-corrected chi connectivity index (χ4v) is 4.81. The zero-order chi connectivity index (χ0) is 20.8. The molecule has 5 nitrogen and oxygen atoms in total. The number of aryl methyl sites for hydroxylation is 1. The molecule has 0 radical (unpaired) electrons. The standard InChI is InChI=1S/C21H26F3N5/c1-4-25-20-26-17(21(22,23)24)9-18(27-20)29-11-14-10-28(3)19(16(14)12-29)15-8-6-5-7-13(15)2/h5-9,14,16,19H,4,10-12H2,1-3H3,(H,25,26,27)/t14-,16+,19-/m0/s1. The highest BCUT2D eigenvalue weighted by Gasteiger charge is 2.47. The molecular weight excluding hydrogens is 379 g/mol. The molecule has 2 saturated heterocycles. The zero-order valence-electron chi connectivity index (χ0n) is 16.9. The van der Waals surface area contributed by atoms with E-state index in [4.69, 9.17) is 0 Å². The Labute approximate surface area is 168 Å². The molecule has 2 aliphatic heterocycles. The van der Waals surface area contributed by atoms with Gasteiger partial charge in [0.25, 0.3) is 0 Å². The van der Waals surface area contributed by atoms with Crippen LogP contribution in [0, 0.1) is 18.8 Å². The number of nitrogens with zero attached hydrogens (tertiary/aromatic N) is 4. The Hall–Kier alpha value is -2.35. The van der Waals surface area contributed by atoms with Gasteiger partial charge in [-0.25, -0.2) is 4.98 Å². The second-order valence-corrected chi connectivity index (χ2v) is 8.03. The molecule has 3 atom stereocenters. The van der Waals surface area contributed by atoms with E-state index in [1.54, 1.807) is 0 Å². The van der Waals surface area contributed by atoms with Gasteiger partial charge >= 0.3 is 6.18 Å². The summed E-state index contributed by atoms with van der Waals surface area (Å²) >= 11 is 0. The minimum Gasteiger partial charge on any atom is -0.356 e. The van der Waals surface area contributed by atoms with Crippen molar-refractivity contribution in [1.82, 2.24) is 14.9 Å². The molecular formula is C21H26F3N5. The first kappa shape index (κ1) is 19.9. The third-order valence-electron chi connectivity index (χ3n) is 6.06. The minimum absolute atomic E-state index is 0.0296. The average molecular weight is 405 g/mol. The van der Waals surface area contributed by atoms with Gasteiger partial charge < -0.3 is 10.2 Å². The molecule has 0 aliphatic carbocycles. The molecule has 1 aromatic heterocycles. The highest BCUT2D eigenvalue weighted by Crippen LogP contribution is 2.46. The lowest BCUT2D eigenvalue weighted by molar-refractivity contribution is -0.141. The molecule has 1 aromatic carbocycles. The monoisotopic (exact) mass is 405 g/mol. The fraction of sp³-hybridized carbons (Fsp3) is 0.524. The molecule has 0 saturated carbocycles. The zero-order valence-corrected chi connectivity index (χ0v) is 16.9. The molecule has 2 aromatic rings. The smallest absolute Gasteiger partial charge is 0.356 e. The summed E-state index contributed by atoms with van der Waals surface area (Å²) in [5.41, 5.74) is 1.65. The molecule has 0 spiro atoms. The van der Waals surface area contributed by atoms with Crippen LogP contribution in [-0.4, -0.2) is 48.1 Å². The van der Waals surface area contributed by atoms with Crippen LogP contribution in [0.1, 0.15) is 29.8 Å². The van der Waals surface area contributed by atoms with E-state index in [-0.39, 0.29) is 12.0 Å². The van der Waals surface area contributed by atoms with Crippen molar-refractivity contribution in [2.75, 3.05) is 43.4 Å². The van der Waals surface area contributed by atoms with Crippen LogP contribution < -0.4 is 10.2 Å². The molecule has 0 unspecified atom stereocenters. The molecule has 0 amide bonds. The van der Waals surface area contributed by atoms with Crippen LogP contribution in [0.2, 0.25) is 0 Å². The Morgan fingerprint density at radius 1 is 1.14 bits per heavy atom. The van der Waals surface area contributed by atoms with Crippen LogP contribution in [-0.2, 0) is 6.18 Å². The predicted molar refractivity (Wildman–Crippen MR) is 107 cm³/mol. The highest BCUT2D eigenvalue weighted by molar-refractivity contribution is 5.47. The fourth-order valence-electron chi connectivity index (χ4n) is 4.81. The Morgan fingerprint density at radius 3 is 2.59 bits per heavy atom. The molecule has 1 N–H and O–H groups in total. The lowest BCUT2D eigenvalue weighted by Crippen LogP contribution is -2.30. The molecule has 2 fully saturated rings. The van der Waals surface area contributed by atoms with Gasteiger partial charge in [-0.1, -0.05) is 24.3 Å². The van der Waals surface area contributed by atoms with Crippen molar-refractivity contribution in [1.29, 1.82) is 0 Å². The van der Waals surface area contributed by atoms with Gasteiger partial charge in [-0.05, 0) is 37.9 Å². The first-order valence-electron chi connectivity index (χ1n) is 9.98. The van der Waals surface area contributed by atoms with Gasteiger partial charge in [-0.2, -0.15) is 18.2 Å². The number of anilines is 2. The molecule has 4 rings (SSSR count). The van der Waals surface area contributed by atoms with Crippen molar-refractivity contribution in [3.8, 4) is 0 Å². The van der Waals surface area contributed by atoms with Gasteiger partial charge in [0.15, 0.2) is 5.69 Å². The van der Waals surface area contributed by atoms with Crippen LogP contribution in [0.25, 0.3) is 0 Å². The number of hydrogen-bond donors (Lipinski definition) is 1. The lowest BCUT2D eigenvalue weighted by atomic mass is 9.88. The Morgan fingerprint density at radius 2 is 1.90 bits per heavy atom. The maximum atomic E-state index is 13.3. The molecule has 8 heteroatoms. The van der Waals surface area contributed by atoms with Crippen LogP contribution in [0.4, 0.5) is 24.9 Å². The summed E-state index contributed by atoms with van der Waals surface area (Å²) in [5.74, 6) is 1.13. The van der Waals surface area contributed by atoms with Gasteiger partial charge in [0.05, 0.1) is 0 Å². The van der Waals surface area contributed by atoms with E-state index in [0.717, 1.165) is 12.6 Å². The van der Waals surface area contributed by atoms with E-state index >= 15 is 0 Å². The van der Waals surface area contributed by atoms with Crippen molar-refractivity contribution in [3.63, 3.8) is 0 Å². The van der Waals surface area contributed by atoms with Crippen LogP contribution in [0.3, 0.4) is 0 Å². The second kappa shape index (κ2) is 7.48.